The number of aromatic nitrogens is 2. The minimum atomic E-state index is -0.473. The largest absolute Gasteiger partial charge is 0.494 e. The number of carbonyl (C=O) groups is 1. The van der Waals surface area contributed by atoms with E-state index in [1.165, 1.54) is 7.11 Å². The van der Waals surface area contributed by atoms with E-state index >= 15 is 0 Å². The van der Waals surface area contributed by atoms with Crippen LogP contribution < -0.4 is 15.4 Å². The number of fused-ring (bicyclic) bond motifs is 2. The Morgan fingerprint density at radius 3 is 2.36 bits per heavy atom. The number of anilines is 2. The predicted octanol–water partition coefficient (Wildman–Crippen LogP) is 5.74. The summed E-state index contributed by atoms with van der Waals surface area (Å²) in [7, 11) is 1.53. The molecule has 0 saturated heterocycles. The second-order valence-corrected chi connectivity index (χ2v) is 6.75. The van der Waals surface area contributed by atoms with Crippen molar-refractivity contribution in [1.82, 2.24) is 9.97 Å². The first kappa shape index (κ1) is 18.3. The average Bonchev–Trinajstić information content (AvgIpc) is 2.69. The van der Waals surface area contributed by atoms with Gasteiger partial charge in [-0.3, -0.25) is 0 Å². The van der Waals surface area contributed by atoms with E-state index in [0.717, 1.165) is 11.0 Å². The van der Waals surface area contributed by atoms with Crippen molar-refractivity contribution >= 4 is 62.7 Å². The van der Waals surface area contributed by atoms with E-state index in [9.17, 15) is 4.79 Å². The average molecular weight is 413 g/mol. The van der Waals surface area contributed by atoms with Gasteiger partial charge in [-0.1, -0.05) is 35.3 Å². The third kappa shape index (κ3) is 3.52. The lowest BCUT2D eigenvalue weighted by Gasteiger charge is -2.14. The number of ether oxygens (including phenoxy) is 1. The Morgan fingerprint density at radius 2 is 1.64 bits per heavy atom. The minimum Gasteiger partial charge on any atom is -0.494 e. The number of urea groups is 1. The first-order chi connectivity index (χ1) is 13.5. The number of rotatable bonds is 3. The Hall–Kier alpha value is -3.09. The van der Waals surface area contributed by atoms with Crippen molar-refractivity contribution in [2.45, 2.75) is 0 Å². The van der Waals surface area contributed by atoms with Gasteiger partial charge in [0.25, 0.3) is 0 Å². The molecule has 0 fully saturated rings. The van der Waals surface area contributed by atoms with Gasteiger partial charge in [-0.25, -0.2) is 14.8 Å². The highest BCUT2D eigenvalue weighted by Gasteiger charge is 2.15. The zero-order valence-corrected chi connectivity index (χ0v) is 16.2. The molecule has 4 rings (SSSR count). The van der Waals surface area contributed by atoms with Crippen LogP contribution >= 0.6 is 23.2 Å². The van der Waals surface area contributed by atoms with Gasteiger partial charge in [0.1, 0.15) is 17.0 Å². The van der Waals surface area contributed by atoms with Gasteiger partial charge in [0.2, 0.25) is 0 Å². The molecule has 6 nitrogen and oxygen atoms in total. The summed E-state index contributed by atoms with van der Waals surface area (Å²) in [5.41, 5.74) is 3.59. The summed E-state index contributed by atoms with van der Waals surface area (Å²) in [4.78, 5) is 21.8. The normalized spacial score (nSPS) is 10.8. The molecule has 140 valence electrons. The molecule has 2 N–H and O–H groups in total. The smallest absolute Gasteiger partial charge is 0.323 e. The first-order valence-electron chi connectivity index (χ1n) is 8.31. The molecule has 1 aromatic heterocycles. The standard InChI is InChI=1S/C20H14Cl2N4O2/c1-28-17-9-8-16-18(25-15-5-3-2-4-14(15)24-16)19(17)26-20(27)23-11-6-7-12(21)13(22)10-11/h2-10H,1H3,(H2,23,26,27). The third-order valence-electron chi connectivity index (χ3n) is 4.11. The van der Waals surface area contributed by atoms with Gasteiger partial charge in [0.15, 0.2) is 0 Å². The molecule has 0 unspecified atom stereocenters. The zero-order valence-electron chi connectivity index (χ0n) is 14.7. The van der Waals surface area contributed by atoms with Crippen LogP contribution in [0.15, 0.2) is 54.6 Å². The van der Waals surface area contributed by atoms with E-state index in [0.29, 0.717) is 38.2 Å². The fourth-order valence-corrected chi connectivity index (χ4v) is 3.11. The number of benzene rings is 3. The Labute approximate surface area is 170 Å². The van der Waals surface area contributed by atoms with Crippen LogP contribution in [0, 0.1) is 0 Å². The number of nitrogens with zero attached hydrogens (tertiary/aromatic N) is 2. The molecular weight excluding hydrogens is 399 g/mol. The van der Waals surface area contributed by atoms with Gasteiger partial charge in [0.05, 0.1) is 33.7 Å². The van der Waals surface area contributed by atoms with Crippen molar-refractivity contribution in [3.05, 3.63) is 64.6 Å². The van der Waals surface area contributed by atoms with Gasteiger partial charge in [-0.15, -0.1) is 0 Å². The van der Waals surface area contributed by atoms with Crippen molar-refractivity contribution < 1.29 is 9.53 Å². The van der Waals surface area contributed by atoms with Crippen LogP contribution in [-0.4, -0.2) is 23.1 Å². The maximum atomic E-state index is 12.6. The van der Waals surface area contributed by atoms with Crippen molar-refractivity contribution in [3.8, 4) is 5.75 Å². The van der Waals surface area contributed by atoms with E-state index in [1.807, 2.05) is 24.3 Å². The van der Waals surface area contributed by atoms with Gasteiger partial charge in [-0.2, -0.15) is 0 Å². The summed E-state index contributed by atoms with van der Waals surface area (Å²) < 4.78 is 5.40. The lowest BCUT2D eigenvalue weighted by molar-refractivity contribution is 0.262. The molecule has 0 aliphatic carbocycles. The van der Waals surface area contributed by atoms with E-state index in [4.69, 9.17) is 27.9 Å². The molecule has 0 bridgehead atoms. The van der Waals surface area contributed by atoms with E-state index in [1.54, 1.807) is 30.3 Å². The molecule has 4 aromatic rings. The van der Waals surface area contributed by atoms with Crippen molar-refractivity contribution in [3.63, 3.8) is 0 Å². The summed E-state index contributed by atoms with van der Waals surface area (Å²) in [5, 5.41) is 6.27. The number of halogens is 2. The van der Waals surface area contributed by atoms with Crippen molar-refractivity contribution in [2.24, 2.45) is 0 Å². The molecule has 3 aromatic carbocycles. The summed E-state index contributed by atoms with van der Waals surface area (Å²) in [6.07, 6.45) is 0. The molecule has 8 heteroatoms. The highest BCUT2D eigenvalue weighted by Crippen LogP contribution is 2.33. The Morgan fingerprint density at radius 1 is 0.893 bits per heavy atom. The molecule has 0 aliphatic rings. The number of carbonyl (C=O) groups excluding carboxylic acids is 1. The third-order valence-corrected chi connectivity index (χ3v) is 4.85. The van der Waals surface area contributed by atoms with Crippen LogP contribution in [0.4, 0.5) is 16.2 Å². The number of hydrogen-bond donors (Lipinski definition) is 2. The van der Waals surface area contributed by atoms with Crippen LogP contribution in [0.1, 0.15) is 0 Å². The van der Waals surface area contributed by atoms with Crippen LogP contribution in [0.3, 0.4) is 0 Å². The highest BCUT2D eigenvalue weighted by molar-refractivity contribution is 6.42. The molecule has 0 saturated carbocycles. The summed E-state index contributed by atoms with van der Waals surface area (Å²) in [6, 6.07) is 15.4. The lowest BCUT2D eigenvalue weighted by atomic mass is 10.2. The maximum absolute atomic E-state index is 12.6. The molecule has 1 heterocycles. The maximum Gasteiger partial charge on any atom is 0.323 e. The molecule has 28 heavy (non-hydrogen) atoms. The van der Waals surface area contributed by atoms with E-state index < -0.39 is 6.03 Å². The predicted molar refractivity (Wildman–Crippen MR) is 113 cm³/mol. The SMILES string of the molecule is COc1ccc2nc3ccccc3nc2c1NC(=O)Nc1ccc(Cl)c(Cl)c1. The first-order valence-corrected chi connectivity index (χ1v) is 9.07. The molecule has 0 radical (unpaired) electrons. The lowest BCUT2D eigenvalue weighted by Crippen LogP contribution is -2.20. The van der Waals surface area contributed by atoms with Crippen LogP contribution in [0.5, 0.6) is 5.75 Å². The zero-order chi connectivity index (χ0) is 19.7. The fraction of sp³-hybridized carbons (Fsp3) is 0.0500. The molecular formula is C20H14Cl2N4O2. The van der Waals surface area contributed by atoms with Gasteiger partial charge in [-0.05, 0) is 42.5 Å². The highest BCUT2D eigenvalue weighted by atomic mass is 35.5. The number of para-hydroxylation sites is 2. The molecule has 2 amide bonds. The number of methoxy groups -OCH3 is 1. The number of hydrogen-bond acceptors (Lipinski definition) is 4. The second-order valence-electron chi connectivity index (χ2n) is 5.93. The van der Waals surface area contributed by atoms with Crippen LogP contribution in [-0.2, 0) is 0 Å². The molecule has 0 spiro atoms. The summed E-state index contributed by atoms with van der Waals surface area (Å²) in [6.45, 7) is 0. The topological polar surface area (TPSA) is 76.1 Å². The van der Waals surface area contributed by atoms with Crippen LogP contribution in [0.25, 0.3) is 22.1 Å². The summed E-state index contributed by atoms with van der Waals surface area (Å²) in [5.74, 6) is 0.473. The Bertz CT molecular complexity index is 1210. The molecule has 0 atom stereocenters. The van der Waals surface area contributed by atoms with Crippen molar-refractivity contribution in [2.75, 3.05) is 17.7 Å². The Kier molecular flexibility index (Phi) is 4.90. The Balaban J connectivity index is 1.72. The monoisotopic (exact) mass is 412 g/mol. The van der Waals surface area contributed by atoms with E-state index in [2.05, 4.69) is 20.6 Å². The summed E-state index contributed by atoms with van der Waals surface area (Å²) >= 11 is 11.9. The van der Waals surface area contributed by atoms with Crippen molar-refractivity contribution in [1.29, 1.82) is 0 Å². The quantitative estimate of drug-likeness (QED) is 0.420. The molecule has 0 aliphatic heterocycles. The second kappa shape index (κ2) is 7.50. The minimum absolute atomic E-state index is 0.347. The number of amides is 2. The van der Waals surface area contributed by atoms with E-state index in [-0.39, 0.29) is 0 Å². The van der Waals surface area contributed by atoms with Gasteiger partial charge in [0, 0.05) is 5.69 Å². The van der Waals surface area contributed by atoms with Gasteiger partial charge >= 0.3 is 6.03 Å². The number of nitrogens with one attached hydrogen (secondary N) is 2. The fourth-order valence-electron chi connectivity index (χ4n) is 2.81. The van der Waals surface area contributed by atoms with Gasteiger partial charge < -0.3 is 15.4 Å². The van der Waals surface area contributed by atoms with Crippen LogP contribution in [0.2, 0.25) is 10.0 Å².